The number of nitrogens with zero attached hydrogens (tertiary/aromatic N) is 2. The van der Waals surface area contributed by atoms with Gasteiger partial charge >= 0.3 is 0 Å². The minimum Gasteiger partial charge on any atom is -0.369 e. The fraction of sp³-hybridized carbons (Fsp3) is 0.429. The van der Waals surface area contributed by atoms with Gasteiger partial charge < -0.3 is 16.0 Å². The van der Waals surface area contributed by atoms with Gasteiger partial charge in [-0.15, -0.1) is 0 Å². The monoisotopic (exact) mass is 273 g/mol. The van der Waals surface area contributed by atoms with Gasteiger partial charge in [-0.3, -0.25) is 10.1 Å². The van der Waals surface area contributed by atoms with Crippen molar-refractivity contribution < 1.29 is 4.79 Å². The molecule has 1 amide bonds. The number of fused-ring (bicyclic) bond motifs is 1. The lowest BCUT2D eigenvalue weighted by molar-refractivity contribution is -0.124. The topological polar surface area (TPSA) is 82.8 Å². The standard InChI is InChI=1S/C14H19N5O/c1-9-8-12(20)17-14(16-9)18-13(15)19-7-6-10-4-2-3-5-11(10)19/h2-5,9,14,16H,6-8H2,1H3,(H2,15,18)(H,17,20). The van der Waals surface area contributed by atoms with Crippen molar-refractivity contribution >= 4 is 17.6 Å². The van der Waals surface area contributed by atoms with Gasteiger partial charge in [0.2, 0.25) is 5.91 Å². The molecule has 2 aliphatic heterocycles. The number of hydrogen-bond acceptors (Lipinski definition) is 3. The Balaban J connectivity index is 1.78. The lowest BCUT2D eigenvalue weighted by Gasteiger charge is -2.28. The van der Waals surface area contributed by atoms with Gasteiger partial charge in [0.05, 0.1) is 0 Å². The van der Waals surface area contributed by atoms with Crippen LogP contribution in [0.2, 0.25) is 0 Å². The molecule has 0 bridgehead atoms. The molecule has 1 aromatic carbocycles. The molecule has 1 saturated heterocycles. The molecular weight excluding hydrogens is 254 g/mol. The quantitative estimate of drug-likeness (QED) is 0.502. The number of nitrogens with two attached hydrogens (primary N) is 1. The Morgan fingerprint density at radius 1 is 1.45 bits per heavy atom. The van der Waals surface area contributed by atoms with E-state index in [4.69, 9.17) is 5.73 Å². The Bertz CT molecular complexity index is 556. The summed E-state index contributed by atoms with van der Waals surface area (Å²) in [5, 5.41) is 5.98. The molecule has 4 N–H and O–H groups in total. The number of carbonyl (C=O) groups excluding carboxylic acids is 1. The van der Waals surface area contributed by atoms with Crippen LogP contribution in [0.5, 0.6) is 0 Å². The Labute approximate surface area is 118 Å². The summed E-state index contributed by atoms with van der Waals surface area (Å²) in [5.74, 6) is 0.432. The zero-order valence-electron chi connectivity index (χ0n) is 11.5. The highest BCUT2D eigenvalue weighted by Gasteiger charge is 2.25. The molecule has 2 unspecified atom stereocenters. The van der Waals surface area contributed by atoms with Crippen molar-refractivity contribution in [2.24, 2.45) is 10.7 Å². The van der Waals surface area contributed by atoms with E-state index in [2.05, 4.69) is 21.7 Å². The van der Waals surface area contributed by atoms with Crippen molar-refractivity contribution in [1.29, 1.82) is 0 Å². The van der Waals surface area contributed by atoms with E-state index in [-0.39, 0.29) is 11.9 Å². The summed E-state index contributed by atoms with van der Waals surface area (Å²) in [5.41, 5.74) is 8.48. The Morgan fingerprint density at radius 2 is 2.25 bits per heavy atom. The van der Waals surface area contributed by atoms with E-state index in [1.807, 2.05) is 30.0 Å². The van der Waals surface area contributed by atoms with Gasteiger partial charge in [0.25, 0.3) is 0 Å². The van der Waals surface area contributed by atoms with E-state index in [1.165, 1.54) is 5.56 Å². The number of amides is 1. The van der Waals surface area contributed by atoms with Crippen molar-refractivity contribution in [2.75, 3.05) is 11.4 Å². The second kappa shape index (κ2) is 5.13. The normalized spacial score (nSPS) is 26.4. The van der Waals surface area contributed by atoms with Crippen LogP contribution in [-0.2, 0) is 11.2 Å². The van der Waals surface area contributed by atoms with Crippen molar-refractivity contribution in [1.82, 2.24) is 10.6 Å². The van der Waals surface area contributed by atoms with E-state index < -0.39 is 6.29 Å². The first kappa shape index (κ1) is 12.9. The van der Waals surface area contributed by atoms with Crippen LogP contribution in [0.15, 0.2) is 29.3 Å². The molecule has 6 heteroatoms. The van der Waals surface area contributed by atoms with Crippen molar-refractivity contribution in [3.63, 3.8) is 0 Å². The molecular formula is C14H19N5O. The summed E-state index contributed by atoms with van der Waals surface area (Å²) < 4.78 is 0. The molecule has 20 heavy (non-hydrogen) atoms. The molecule has 6 nitrogen and oxygen atoms in total. The minimum absolute atomic E-state index is 0.000350. The van der Waals surface area contributed by atoms with Gasteiger partial charge in [0.15, 0.2) is 12.2 Å². The fourth-order valence-corrected chi connectivity index (χ4v) is 2.71. The minimum atomic E-state index is -0.445. The summed E-state index contributed by atoms with van der Waals surface area (Å²) in [6.07, 6.45) is 0.991. The molecule has 2 atom stereocenters. The number of para-hydroxylation sites is 1. The molecule has 2 aliphatic rings. The van der Waals surface area contributed by atoms with Crippen molar-refractivity contribution in [3.8, 4) is 0 Å². The molecule has 2 heterocycles. The fourth-order valence-electron chi connectivity index (χ4n) is 2.71. The zero-order chi connectivity index (χ0) is 14.1. The first-order valence-corrected chi connectivity index (χ1v) is 6.87. The maximum Gasteiger partial charge on any atom is 0.224 e. The maximum atomic E-state index is 11.5. The van der Waals surface area contributed by atoms with Crippen molar-refractivity contribution in [2.45, 2.75) is 32.1 Å². The second-order valence-electron chi connectivity index (χ2n) is 5.26. The maximum absolute atomic E-state index is 11.5. The SMILES string of the molecule is CC1CC(=O)NC(N=C(N)N2CCc3ccccc32)N1. The van der Waals surface area contributed by atoms with E-state index in [9.17, 15) is 4.79 Å². The third-order valence-corrected chi connectivity index (χ3v) is 3.66. The van der Waals surface area contributed by atoms with E-state index in [1.54, 1.807) is 0 Å². The largest absolute Gasteiger partial charge is 0.369 e. The van der Waals surface area contributed by atoms with Gasteiger partial charge in [-0.2, -0.15) is 0 Å². The van der Waals surface area contributed by atoms with Crippen LogP contribution in [0.3, 0.4) is 0 Å². The smallest absolute Gasteiger partial charge is 0.224 e. The van der Waals surface area contributed by atoms with Crippen LogP contribution >= 0.6 is 0 Å². The Hall–Kier alpha value is -2.08. The van der Waals surface area contributed by atoms with Crippen LogP contribution < -0.4 is 21.3 Å². The highest BCUT2D eigenvalue weighted by molar-refractivity contribution is 5.97. The zero-order valence-corrected chi connectivity index (χ0v) is 11.5. The summed E-state index contributed by atoms with van der Waals surface area (Å²) in [6, 6.07) is 8.27. The highest BCUT2D eigenvalue weighted by atomic mass is 16.2. The molecule has 0 spiro atoms. The van der Waals surface area contributed by atoms with Gasteiger partial charge in [0, 0.05) is 24.7 Å². The molecule has 0 saturated carbocycles. The van der Waals surface area contributed by atoms with E-state index in [0.717, 1.165) is 18.7 Å². The molecule has 1 fully saturated rings. The van der Waals surface area contributed by atoms with Gasteiger partial charge in [-0.05, 0) is 25.0 Å². The number of nitrogens with one attached hydrogen (secondary N) is 2. The summed E-state index contributed by atoms with van der Waals surface area (Å²) in [4.78, 5) is 17.9. The lowest BCUT2D eigenvalue weighted by Crippen LogP contribution is -2.55. The number of benzene rings is 1. The molecule has 1 aromatic rings. The van der Waals surface area contributed by atoms with E-state index >= 15 is 0 Å². The third kappa shape index (κ3) is 2.46. The van der Waals surface area contributed by atoms with E-state index in [0.29, 0.717) is 12.4 Å². The first-order chi connectivity index (χ1) is 9.63. The summed E-state index contributed by atoms with van der Waals surface area (Å²) in [6.45, 7) is 2.79. The number of aliphatic imine (C=N–C) groups is 1. The van der Waals surface area contributed by atoms with Gasteiger partial charge in [-0.1, -0.05) is 18.2 Å². The molecule has 0 aliphatic carbocycles. The van der Waals surface area contributed by atoms with Gasteiger partial charge in [0.1, 0.15) is 0 Å². The summed E-state index contributed by atoms with van der Waals surface area (Å²) >= 11 is 0. The first-order valence-electron chi connectivity index (χ1n) is 6.87. The summed E-state index contributed by atoms with van der Waals surface area (Å²) in [7, 11) is 0. The number of carbonyl (C=O) groups is 1. The van der Waals surface area contributed by atoms with Crippen LogP contribution in [0.25, 0.3) is 0 Å². The predicted molar refractivity (Wildman–Crippen MR) is 78.3 cm³/mol. The molecule has 0 radical (unpaired) electrons. The van der Waals surface area contributed by atoms with Crippen LogP contribution in [-0.4, -0.2) is 30.7 Å². The molecule has 106 valence electrons. The number of guanidine groups is 1. The van der Waals surface area contributed by atoms with Crippen LogP contribution in [0, 0.1) is 0 Å². The highest BCUT2D eigenvalue weighted by Crippen LogP contribution is 2.26. The van der Waals surface area contributed by atoms with Crippen molar-refractivity contribution in [3.05, 3.63) is 29.8 Å². The molecule has 0 aromatic heterocycles. The van der Waals surface area contributed by atoms with Gasteiger partial charge in [-0.25, -0.2) is 4.99 Å². The Morgan fingerprint density at radius 3 is 3.05 bits per heavy atom. The lowest BCUT2D eigenvalue weighted by atomic mass is 10.2. The second-order valence-corrected chi connectivity index (χ2v) is 5.26. The van der Waals surface area contributed by atoms with Crippen LogP contribution in [0.1, 0.15) is 18.9 Å². The molecule has 3 rings (SSSR count). The average Bonchev–Trinajstić information content (AvgIpc) is 2.81. The number of hydrogen-bond donors (Lipinski definition) is 3. The predicted octanol–water partition coefficient (Wildman–Crippen LogP) is 0.145. The Kier molecular flexibility index (Phi) is 3.31. The number of rotatable bonds is 1. The third-order valence-electron chi connectivity index (χ3n) is 3.66. The number of anilines is 1. The van der Waals surface area contributed by atoms with Crippen LogP contribution in [0.4, 0.5) is 5.69 Å². The average molecular weight is 273 g/mol.